The van der Waals surface area contributed by atoms with Gasteiger partial charge in [-0.15, -0.1) is 0 Å². The van der Waals surface area contributed by atoms with Gasteiger partial charge in [-0.05, 0) is 53.9 Å². The minimum absolute atomic E-state index is 0.00873. The summed E-state index contributed by atoms with van der Waals surface area (Å²) >= 11 is 0. The monoisotopic (exact) mass is 472 g/mol. The number of anilines is 1. The third kappa shape index (κ3) is 7.76. The highest BCUT2D eigenvalue weighted by atomic mass is 32.2. The molecule has 2 atom stereocenters. The fourth-order valence-corrected chi connectivity index (χ4v) is 3.81. The van der Waals surface area contributed by atoms with E-state index in [-0.39, 0.29) is 30.6 Å². The molecule has 0 heterocycles. The smallest absolute Gasteiger partial charge is 0.229 e. The quantitative estimate of drug-likeness (QED) is 0.272. The second kappa shape index (κ2) is 11.2. The van der Waals surface area contributed by atoms with Crippen LogP contribution in [0.1, 0.15) is 17.2 Å². The highest BCUT2D eigenvalue weighted by molar-refractivity contribution is 7.92. The molecule has 8 nitrogen and oxygen atoms in total. The first kappa shape index (κ1) is 24.5. The number of sulfonamides is 1. The van der Waals surface area contributed by atoms with Gasteiger partial charge in [-0.3, -0.25) is 4.72 Å². The van der Waals surface area contributed by atoms with Crippen LogP contribution in [0.15, 0.2) is 72.8 Å². The topological polar surface area (TPSA) is 128 Å². The van der Waals surface area contributed by atoms with Gasteiger partial charge < -0.3 is 25.4 Å². The van der Waals surface area contributed by atoms with Crippen molar-refractivity contribution in [2.24, 2.45) is 0 Å². The first-order chi connectivity index (χ1) is 15.7. The van der Waals surface area contributed by atoms with Gasteiger partial charge >= 0.3 is 0 Å². The van der Waals surface area contributed by atoms with Crippen LogP contribution in [0.4, 0.5) is 5.69 Å². The van der Waals surface area contributed by atoms with Crippen molar-refractivity contribution in [3.63, 3.8) is 0 Å². The van der Waals surface area contributed by atoms with Crippen molar-refractivity contribution in [1.82, 2.24) is 5.32 Å². The standard InChI is InChI=1S/C24H28N2O6S/c1-33(30,31)26-22-14-18(9-12-23(22)28)24(29)15-25-19(16-27)13-17-7-10-21(11-8-17)32-20-5-3-2-4-6-20/h2-12,14,19,24-29H,13,15-16H2,1H3/t19?,24-/m0/s1. The van der Waals surface area contributed by atoms with Crippen molar-refractivity contribution < 1.29 is 28.5 Å². The van der Waals surface area contributed by atoms with E-state index in [0.717, 1.165) is 17.6 Å². The zero-order valence-electron chi connectivity index (χ0n) is 18.2. The van der Waals surface area contributed by atoms with Gasteiger partial charge in [0, 0.05) is 12.6 Å². The predicted octanol–water partition coefficient (Wildman–Crippen LogP) is 2.78. The molecule has 0 aromatic heterocycles. The number of nitrogens with one attached hydrogen (secondary N) is 2. The molecule has 0 aliphatic rings. The van der Waals surface area contributed by atoms with Crippen LogP contribution in [0.2, 0.25) is 0 Å². The fraction of sp³-hybridized carbons (Fsp3) is 0.250. The summed E-state index contributed by atoms with van der Waals surface area (Å²) in [7, 11) is -3.58. The van der Waals surface area contributed by atoms with Crippen LogP contribution in [-0.4, -0.2) is 49.2 Å². The highest BCUT2D eigenvalue weighted by Gasteiger charge is 2.15. The number of para-hydroxylation sites is 1. The first-order valence-corrected chi connectivity index (χ1v) is 12.3. The van der Waals surface area contributed by atoms with Crippen LogP contribution in [0.5, 0.6) is 17.2 Å². The summed E-state index contributed by atoms with van der Waals surface area (Å²) in [5.74, 6) is 1.22. The van der Waals surface area contributed by atoms with Gasteiger partial charge in [0.1, 0.15) is 17.2 Å². The maximum absolute atomic E-state index is 11.4. The lowest BCUT2D eigenvalue weighted by Crippen LogP contribution is -2.37. The molecule has 0 aliphatic carbocycles. The molecule has 9 heteroatoms. The summed E-state index contributed by atoms with van der Waals surface area (Å²) < 4.78 is 30.9. The van der Waals surface area contributed by atoms with E-state index in [2.05, 4.69) is 10.0 Å². The predicted molar refractivity (Wildman–Crippen MR) is 127 cm³/mol. The van der Waals surface area contributed by atoms with E-state index in [1.807, 2.05) is 54.6 Å². The summed E-state index contributed by atoms with van der Waals surface area (Å²) in [6.07, 6.45) is 0.538. The Balaban J connectivity index is 1.56. The Labute approximate surface area is 193 Å². The number of aliphatic hydroxyl groups is 2. The zero-order chi connectivity index (χ0) is 23.8. The fourth-order valence-electron chi connectivity index (χ4n) is 3.24. The Kier molecular flexibility index (Phi) is 8.29. The maximum atomic E-state index is 11.4. The van der Waals surface area contributed by atoms with Crippen LogP contribution in [-0.2, 0) is 16.4 Å². The van der Waals surface area contributed by atoms with E-state index in [1.54, 1.807) is 0 Å². The number of rotatable bonds is 11. The summed E-state index contributed by atoms with van der Waals surface area (Å²) in [4.78, 5) is 0. The molecule has 0 aliphatic heterocycles. The van der Waals surface area contributed by atoms with Crippen molar-refractivity contribution in [3.05, 3.63) is 83.9 Å². The van der Waals surface area contributed by atoms with Gasteiger partial charge in [0.2, 0.25) is 10.0 Å². The Hall–Kier alpha value is -3.11. The summed E-state index contributed by atoms with van der Waals surface area (Å²) in [5.41, 5.74) is 1.40. The molecule has 1 unspecified atom stereocenters. The Bertz CT molecular complexity index is 1140. The van der Waals surface area contributed by atoms with Crippen LogP contribution < -0.4 is 14.8 Å². The van der Waals surface area contributed by atoms with E-state index < -0.39 is 16.1 Å². The molecule has 33 heavy (non-hydrogen) atoms. The molecule has 0 bridgehead atoms. The minimum Gasteiger partial charge on any atom is -0.506 e. The summed E-state index contributed by atoms with van der Waals surface area (Å²) in [5, 5.41) is 33.2. The molecule has 0 fully saturated rings. The third-order valence-electron chi connectivity index (χ3n) is 4.91. The van der Waals surface area contributed by atoms with E-state index in [9.17, 15) is 23.7 Å². The van der Waals surface area contributed by atoms with Gasteiger partial charge in [0.15, 0.2) is 0 Å². The van der Waals surface area contributed by atoms with E-state index >= 15 is 0 Å². The van der Waals surface area contributed by atoms with Crippen LogP contribution >= 0.6 is 0 Å². The molecule has 3 rings (SSSR count). The Morgan fingerprint density at radius 3 is 2.27 bits per heavy atom. The second-order valence-electron chi connectivity index (χ2n) is 7.72. The van der Waals surface area contributed by atoms with Crippen molar-refractivity contribution in [1.29, 1.82) is 0 Å². The van der Waals surface area contributed by atoms with Crippen LogP contribution in [0.3, 0.4) is 0 Å². The number of hydrogen-bond donors (Lipinski definition) is 5. The Morgan fingerprint density at radius 2 is 1.64 bits per heavy atom. The van der Waals surface area contributed by atoms with Gasteiger partial charge in [0.25, 0.3) is 0 Å². The van der Waals surface area contributed by atoms with Crippen molar-refractivity contribution in [2.75, 3.05) is 24.1 Å². The lowest BCUT2D eigenvalue weighted by atomic mass is 10.0. The number of phenolic OH excluding ortho intramolecular Hbond substituents is 1. The number of ether oxygens (including phenoxy) is 1. The summed E-state index contributed by atoms with van der Waals surface area (Å²) in [6, 6.07) is 20.9. The maximum Gasteiger partial charge on any atom is 0.229 e. The molecule has 0 spiro atoms. The molecule has 0 saturated heterocycles. The van der Waals surface area contributed by atoms with Gasteiger partial charge in [-0.2, -0.15) is 0 Å². The number of hydrogen-bond acceptors (Lipinski definition) is 7. The molecule has 3 aromatic carbocycles. The number of phenols is 1. The minimum atomic E-state index is -3.58. The van der Waals surface area contributed by atoms with Gasteiger partial charge in [-0.25, -0.2) is 8.42 Å². The highest BCUT2D eigenvalue weighted by Crippen LogP contribution is 2.28. The normalized spacial score (nSPS) is 13.3. The largest absolute Gasteiger partial charge is 0.506 e. The Morgan fingerprint density at radius 1 is 0.970 bits per heavy atom. The molecule has 0 radical (unpaired) electrons. The molecular weight excluding hydrogens is 444 g/mol. The lowest BCUT2D eigenvalue weighted by Gasteiger charge is -2.20. The third-order valence-corrected chi connectivity index (χ3v) is 5.50. The zero-order valence-corrected chi connectivity index (χ0v) is 19.0. The molecular formula is C24H28N2O6S. The van der Waals surface area contributed by atoms with Gasteiger partial charge in [0.05, 0.1) is 24.7 Å². The second-order valence-corrected chi connectivity index (χ2v) is 9.47. The van der Waals surface area contributed by atoms with E-state index in [0.29, 0.717) is 17.7 Å². The van der Waals surface area contributed by atoms with E-state index in [1.165, 1.54) is 18.2 Å². The van der Waals surface area contributed by atoms with Gasteiger partial charge in [-0.1, -0.05) is 36.4 Å². The average Bonchev–Trinajstić information content (AvgIpc) is 2.79. The molecule has 176 valence electrons. The lowest BCUT2D eigenvalue weighted by molar-refractivity contribution is 0.158. The van der Waals surface area contributed by atoms with Crippen molar-refractivity contribution in [2.45, 2.75) is 18.6 Å². The number of aromatic hydroxyl groups is 1. The average molecular weight is 473 g/mol. The molecule has 3 aromatic rings. The first-order valence-electron chi connectivity index (χ1n) is 10.4. The van der Waals surface area contributed by atoms with Crippen LogP contribution in [0.25, 0.3) is 0 Å². The molecule has 0 amide bonds. The SMILES string of the molecule is CS(=O)(=O)Nc1cc([C@@H](O)CNC(CO)Cc2ccc(Oc3ccccc3)cc2)ccc1O. The molecule has 5 N–H and O–H groups in total. The van der Waals surface area contributed by atoms with E-state index in [4.69, 9.17) is 4.74 Å². The van der Waals surface area contributed by atoms with Crippen molar-refractivity contribution >= 4 is 15.7 Å². The van der Waals surface area contributed by atoms with Crippen LogP contribution in [0, 0.1) is 0 Å². The van der Waals surface area contributed by atoms with Crippen molar-refractivity contribution in [3.8, 4) is 17.2 Å². The number of benzene rings is 3. The number of aliphatic hydroxyl groups excluding tert-OH is 2. The molecule has 0 saturated carbocycles. The summed E-state index contributed by atoms with van der Waals surface area (Å²) in [6.45, 7) is -0.00499.